The van der Waals surface area contributed by atoms with E-state index in [2.05, 4.69) is 21.8 Å². The monoisotopic (exact) mass is 513 g/mol. The summed E-state index contributed by atoms with van der Waals surface area (Å²) in [5.41, 5.74) is 2.88. The van der Waals surface area contributed by atoms with Gasteiger partial charge >= 0.3 is 0 Å². The van der Waals surface area contributed by atoms with Crippen LogP contribution in [0.2, 0.25) is 5.02 Å². The van der Waals surface area contributed by atoms with E-state index in [1.165, 1.54) is 12.3 Å². The van der Waals surface area contributed by atoms with Gasteiger partial charge in [0.15, 0.2) is 6.29 Å². The van der Waals surface area contributed by atoms with Crippen LogP contribution in [0.3, 0.4) is 0 Å². The van der Waals surface area contributed by atoms with Gasteiger partial charge < -0.3 is 14.7 Å². The highest BCUT2D eigenvalue weighted by Crippen LogP contribution is 2.51. The number of nitrogens with one attached hydrogen (secondary N) is 2. The molecule has 4 rings (SSSR count). The lowest BCUT2D eigenvalue weighted by atomic mass is 9.60. The smallest absolute Gasteiger partial charge is 0.153 e. The summed E-state index contributed by atoms with van der Waals surface area (Å²) >= 11 is 6.27. The third kappa shape index (κ3) is 5.22. The van der Waals surface area contributed by atoms with E-state index in [1.807, 2.05) is 25.1 Å². The SMILES string of the molecule is CN(C)C=Nc1c(N(C)C2CC3(C2)CN(CCCc2cc(=N)n(C=N)cc2F)C3)ccc(Cl)c1C=O. The van der Waals surface area contributed by atoms with E-state index in [-0.39, 0.29) is 11.3 Å². The molecule has 2 N–H and O–H groups in total. The van der Waals surface area contributed by atoms with E-state index in [1.54, 1.807) is 12.4 Å². The predicted molar refractivity (Wildman–Crippen MR) is 142 cm³/mol. The van der Waals surface area contributed by atoms with Gasteiger partial charge in [0.25, 0.3) is 0 Å². The molecule has 1 aliphatic heterocycles. The summed E-state index contributed by atoms with van der Waals surface area (Å²) < 4.78 is 15.4. The number of benzene rings is 1. The zero-order chi connectivity index (χ0) is 26.0. The molecule has 2 heterocycles. The van der Waals surface area contributed by atoms with Gasteiger partial charge in [0.05, 0.1) is 29.0 Å². The lowest BCUT2D eigenvalue weighted by molar-refractivity contribution is -0.0715. The van der Waals surface area contributed by atoms with E-state index in [9.17, 15) is 9.18 Å². The van der Waals surface area contributed by atoms with Gasteiger partial charge in [-0.1, -0.05) is 11.6 Å². The van der Waals surface area contributed by atoms with Gasteiger partial charge in [0, 0.05) is 46.5 Å². The molecule has 0 amide bonds. The average Bonchev–Trinajstić information content (AvgIpc) is 2.79. The second kappa shape index (κ2) is 10.5. The van der Waals surface area contributed by atoms with Gasteiger partial charge in [-0.25, -0.2) is 9.38 Å². The van der Waals surface area contributed by atoms with Crippen LogP contribution < -0.4 is 10.4 Å². The quantitative estimate of drug-likeness (QED) is 0.287. The van der Waals surface area contributed by atoms with Crippen molar-refractivity contribution >= 4 is 41.9 Å². The number of aromatic nitrogens is 1. The Hall–Kier alpha value is -3.04. The van der Waals surface area contributed by atoms with Crippen molar-refractivity contribution in [3.63, 3.8) is 0 Å². The molecular weight excluding hydrogens is 481 g/mol. The van der Waals surface area contributed by atoms with Crippen LogP contribution in [0.4, 0.5) is 15.8 Å². The summed E-state index contributed by atoms with van der Waals surface area (Å²) in [5, 5.41) is 15.5. The van der Waals surface area contributed by atoms with Crippen molar-refractivity contribution in [3.05, 3.63) is 51.9 Å². The number of hydrogen-bond donors (Lipinski definition) is 2. The molecule has 1 saturated carbocycles. The van der Waals surface area contributed by atoms with E-state index in [4.69, 9.17) is 22.4 Å². The molecule has 0 bridgehead atoms. The lowest BCUT2D eigenvalue weighted by Gasteiger charge is -2.61. The standard InChI is InChI=1S/C26H33ClFN7O/c1-32(2)17-31-25-20(13-36)21(27)6-7-23(25)33(3)19-10-26(11-19)14-34(15-26)8-4-5-18-9-24(30)35(16-29)12-22(18)28/h6-7,9,12-13,16-17,19,29-30H,4-5,8,10-11,14-15H2,1-3H3. The fourth-order valence-corrected chi connectivity index (χ4v) is 5.58. The van der Waals surface area contributed by atoms with Gasteiger partial charge in [-0.05, 0) is 61.4 Å². The molecule has 2 aromatic rings. The van der Waals surface area contributed by atoms with Crippen LogP contribution in [0.25, 0.3) is 0 Å². The topological polar surface area (TPSA) is 91.8 Å². The molecule has 1 spiro atoms. The first kappa shape index (κ1) is 26.0. The number of hydrogen-bond acceptors (Lipinski definition) is 6. The highest BCUT2D eigenvalue weighted by molar-refractivity contribution is 6.33. The summed E-state index contributed by atoms with van der Waals surface area (Å²) in [6.07, 6.45) is 8.15. The Morgan fingerprint density at radius 3 is 2.64 bits per heavy atom. The second-order valence-corrected chi connectivity index (χ2v) is 10.6. The summed E-state index contributed by atoms with van der Waals surface area (Å²) in [6.45, 7) is 2.98. The van der Waals surface area contributed by atoms with Crippen molar-refractivity contribution in [1.82, 2.24) is 14.4 Å². The number of carbonyl (C=O) groups excluding carboxylic acids is 1. The molecule has 8 nitrogen and oxygen atoms in total. The van der Waals surface area contributed by atoms with Gasteiger partial charge in [0.1, 0.15) is 17.0 Å². The molecule has 2 fully saturated rings. The number of anilines is 1. The van der Waals surface area contributed by atoms with Gasteiger partial charge in [-0.15, -0.1) is 0 Å². The summed E-state index contributed by atoms with van der Waals surface area (Å²) in [5.74, 6) is -0.367. The summed E-state index contributed by atoms with van der Waals surface area (Å²) in [4.78, 5) is 22.7. The largest absolute Gasteiger partial charge is 0.370 e. The van der Waals surface area contributed by atoms with Gasteiger partial charge in [0.2, 0.25) is 0 Å². The van der Waals surface area contributed by atoms with Crippen LogP contribution in [-0.4, -0.2) is 80.1 Å². The van der Waals surface area contributed by atoms with Crippen LogP contribution in [0.1, 0.15) is 35.2 Å². The highest BCUT2D eigenvalue weighted by atomic mass is 35.5. The van der Waals surface area contributed by atoms with Crippen molar-refractivity contribution in [1.29, 1.82) is 10.8 Å². The first-order chi connectivity index (χ1) is 17.2. The van der Waals surface area contributed by atoms with Gasteiger partial charge in [-0.2, -0.15) is 0 Å². The van der Waals surface area contributed by atoms with Crippen molar-refractivity contribution in [2.75, 3.05) is 45.7 Å². The first-order valence-corrected chi connectivity index (χ1v) is 12.4. The van der Waals surface area contributed by atoms with Crippen molar-refractivity contribution in [2.24, 2.45) is 10.4 Å². The molecular formula is C26H33ClFN7O. The molecule has 1 aromatic carbocycles. The first-order valence-electron chi connectivity index (χ1n) is 12.1. The molecule has 0 unspecified atom stereocenters. The van der Waals surface area contributed by atoms with E-state index < -0.39 is 0 Å². The fourth-order valence-electron chi connectivity index (χ4n) is 5.38. The van der Waals surface area contributed by atoms with Crippen LogP contribution >= 0.6 is 11.6 Å². The van der Waals surface area contributed by atoms with Crippen LogP contribution in [0.15, 0.2) is 29.4 Å². The minimum atomic E-state index is -0.367. The number of pyridine rings is 1. The predicted octanol–water partition coefficient (Wildman–Crippen LogP) is 3.78. The maximum atomic E-state index is 14.2. The molecule has 0 radical (unpaired) electrons. The van der Waals surface area contributed by atoms with Crippen molar-refractivity contribution < 1.29 is 9.18 Å². The maximum absolute atomic E-state index is 14.2. The highest BCUT2D eigenvalue weighted by Gasteiger charge is 2.53. The minimum absolute atomic E-state index is 0.116. The molecule has 1 aromatic heterocycles. The Morgan fingerprint density at radius 2 is 2.00 bits per heavy atom. The maximum Gasteiger partial charge on any atom is 0.153 e. The number of likely N-dealkylation sites (tertiary alicyclic amines) is 1. The molecule has 0 atom stereocenters. The Balaban J connectivity index is 1.31. The van der Waals surface area contributed by atoms with Gasteiger partial charge in [-0.3, -0.25) is 20.2 Å². The second-order valence-electron chi connectivity index (χ2n) is 10.2. The van der Waals surface area contributed by atoms with E-state index in [0.29, 0.717) is 39.7 Å². The third-order valence-corrected chi connectivity index (χ3v) is 7.60. The van der Waals surface area contributed by atoms with Crippen LogP contribution in [-0.2, 0) is 6.42 Å². The average molecular weight is 514 g/mol. The Bertz CT molecular complexity index is 1230. The molecule has 1 aliphatic carbocycles. The molecule has 2 aliphatic rings. The molecule has 10 heteroatoms. The third-order valence-electron chi connectivity index (χ3n) is 7.27. The number of aliphatic imine (C=N–C) groups is 1. The molecule has 1 saturated heterocycles. The zero-order valence-corrected chi connectivity index (χ0v) is 21.7. The number of nitrogens with zero attached hydrogens (tertiary/aromatic N) is 5. The molecule has 36 heavy (non-hydrogen) atoms. The van der Waals surface area contributed by atoms with E-state index >= 15 is 0 Å². The molecule has 192 valence electrons. The Morgan fingerprint density at radius 1 is 1.28 bits per heavy atom. The number of rotatable bonds is 10. The minimum Gasteiger partial charge on any atom is -0.370 e. The van der Waals surface area contributed by atoms with Crippen molar-refractivity contribution in [3.8, 4) is 0 Å². The zero-order valence-electron chi connectivity index (χ0n) is 21.0. The number of halogens is 2. The lowest BCUT2D eigenvalue weighted by Crippen LogP contribution is -2.66. The number of aldehydes is 1. The number of carbonyl (C=O) groups is 1. The summed E-state index contributed by atoms with van der Waals surface area (Å²) in [6, 6.07) is 5.57. The Labute approximate surface area is 216 Å². The normalized spacial score (nSPS) is 17.1. The van der Waals surface area contributed by atoms with Crippen LogP contribution in [0.5, 0.6) is 0 Å². The Kier molecular flexibility index (Phi) is 7.61. The van der Waals surface area contributed by atoms with E-state index in [0.717, 1.165) is 61.8 Å². The fraction of sp³-hybridized carbons (Fsp3) is 0.462. The van der Waals surface area contributed by atoms with Crippen LogP contribution in [0, 0.1) is 22.1 Å². The van der Waals surface area contributed by atoms with Crippen molar-refractivity contribution in [2.45, 2.75) is 31.7 Å². The summed E-state index contributed by atoms with van der Waals surface area (Å²) in [7, 11) is 5.82. The number of aryl methyl sites for hydroxylation is 1.